The van der Waals surface area contributed by atoms with Crippen LogP contribution in [0.2, 0.25) is 0 Å². The van der Waals surface area contributed by atoms with Crippen molar-refractivity contribution in [3.8, 4) is 0 Å². The van der Waals surface area contributed by atoms with Gasteiger partial charge in [-0.15, -0.1) is 24.0 Å². The molecule has 1 heterocycles. The van der Waals surface area contributed by atoms with Gasteiger partial charge in [0.2, 0.25) is 0 Å². The molecule has 0 saturated heterocycles. The molecule has 1 unspecified atom stereocenters. The monoisotopic (exact) mass is 513 g/mol. The fourth-order valence-corrected chi connectivity index (χ4v) is 3.15. The van der Waals surface area contributed by atoms with E-state index in [1.165, 1.54) is 22.4 Å². The average molecular weight is 513 g/mol. The lowest BCUT2D eigenvalue weighted by molar-refractivity contribution is 0.134. The number of rotatable bonds is 9. The number of guanidine groups is 1. The zero-order valence-corrected chi connectivity index (χ0v) is 20.9. The first kappa shape index (κ1) is 25.4. The van der Waals surface area contributed by atoms with E-state index in [0.29, 0.717) is 13.2 Å². The second kappa shape index (κ2) is 12.8. The zero-order valence-electron chi connectivity index (χ0n) is 18.6. The van der Waals surface area contributed by atoms with E-state index >= 15 is 0 Å². The Bertz CT molecular complexity index is 770. The van der Waals surface area contributed by atoms with Gasteiger partial charge in [-0.05, 0) is 57.7 Å². The molecule has 0 aliphatic carbocycles. The van der Waals surface area contributed by atoms with Gasteiger partial charge < -0.3 is 15.4 Å². The summed E-state index contributed by atoms with van der Waals surface area (Å²) in [7, 11) is 2.00. The van der Waals surface area contributed by atoms with E-state index in [2.05, 4.69) is 67.7 Å². The summed E-state index contributed by atoms with van der Waals surface area (Å²) in [5.74, 6) is 0.840. The SMILES string of the molecule is CCNC(=NCc1ccc(COCC)cc1)NC(C)Cc1c(C)nn(C)c1C.I. The lowest BCUT2D eigenvalue weighted by atomic mass is 10.1. The van der Waals surface area contributed by atoms with Gasteiger partial charge in [0.05, 0.1) is 18.8 Å². The number of benzene rings is 1. The number of aryl methyl sites for hydroxylation is 2. The molecular weight excluding hydrogens is 477 g/mol. The molecule has 2 aromatic rings. The molecule has 7 heteroatoms. The van der Waals surface area contributed by atoms with E-state index in [1.807, 2.05) is 18.7 Å². The van der Waals surface area contributed by atoms with Crippen LogP contribution in [0.3, 0.4) is 0 Å². The van der Waals surface area contributed by atoms with Crippen molar-refractivity contribution in [1.82, 2.24) is 20.4 Å². The van der Waals surface area contributed by atoms with Gasteiger partial charge >= 0.3 is 0 Å². The molecule has 0 amide bonds. The van der Waals surface area contributed by atoms with Gasteiger partial charge in [-0.25, -0.2) is 4.99 Å². The van der Waals surface area contributed by atoms with E-state index in [0.717, 1.165) is 31.2 Å². The maximum Gasteiger partial charge on any atom is 0.191 e. The quantitative estimate of drug-likeness (QED) is 0.304. The third-order valence-corrected chi connectivity index (χ3v) is 4.81. The van der Waals surface area contributed by atoms with Crippen LogP contribution in [0.15, 0.2) is 29.3 Å². The minimum Gasteiger partial charge on any atom is -0.377 e. The van der Waals surface area contributed by atoms with Gasteiger partial charge in [0.25, 0.3) is 0 Å². The number of hydrogen-bond donors (Lipinski definition) is 2. The Morgan fingerprint density at radius 3 is 2.38 bits per heavy atom. The molecule has 2 rings (SSSR count). The Hall–Kier alpha value is -1.61. The van der Waals surface area contributed by atoms with E-state index in [4.69, 9.17) is 9.73 Å². The molecule has 2 N–H and O–H groups in total. The average Bonchev–Trinajstić information content (AvgIpc) is 2.91. The minimum atomic E-state index is 0. The Morgan fingerprint density at radius 2 is 1.83 bits per heavy atom. The summed E-state index contributed by atoms with van der Waals surface area (Å²) in [5, 5.41) is 11.4. The zero-order chi connectivity index (χ0) is 20.5. The number of hydrogen-bond acceptors (Lipinski definition) is 3. The first-order valence-corrected chi connectivity index (χ1v) is 10.1. The molecule has 0 aliphatic heterocycles. The lowest BCUT2D eigenvalue weighted by Gasteiger charge is -2.18. The van der Waals surface area contributed by atoms with Crippen LogP contribution >= 0.6 is 24.0 Å². The smallest absolute Gasteiger partial charge is 0.191 e. The molecule has 6 nitrogen and oxygen atoms in total. The highest BCUT2D eigenvalue weighted by Crippen LogP contribution is 2.14. The number of nitrogens with zero attached hydrogens (tertiary/aromatic N) is 3. The van der Waals surface area contributed by atoms with Crippen LogP contribution in [0, 0.1) is 13.8 Å². The summed E-state index contributed by atoms with van der Waals surface area (Å²) >= 11 is 0. The molecule has 29 heavy (non-hydrogen) atoms. The molecule has 1 aromatic carbocycles. The molecule has 162 valence electrons. The first-order valence-electron chi connectivity index (χ1n) is 10.1. The van der Waals surface area contributed by atoms with E-state index in [9.17, 15) is 0 Å². The van der Waals surface area contributed by atoms with Crippen molar-refractivity contribution in [3.05, 3.63) is 52.3 Å². The Balaban J connectivity index is 0.00000420. The number of halogens is 1. The highest BCUT2D eigenvalue weighted by molar-refractivity contribution is 14.0. The first-order chi connectivity index (χ1) is 13.4. The van der Waals surface area contributed by atoms with Crippen LogP contribution in [0.25, 0.3) is 0 Å². The van der Waals surface area contributed by atoms with E-state index in [1.54, 1.807) is 0 Å². The topological polar surface area (TPSA) is 63.5 Å². The largest absolute Gasteiger partial charge is 0.377 e. The summed E-state index contributed by atoms with van der Waals surface area (Å²) in [5.41, 5.74) is 6.01. The summed E-state index contributed by atoms with van der Waals surface area (Å²) in [6.07, 6.45) is 0.919. The highest BCUT2D eigenvalue weighted by Gasteiger charge is 2.14. The van der Waals surface area contributed by atoms with Gasteiger partial charge in [0.1, 0.15) is 0 Å². The summed E-state index contributed by atoms with van der Waals surface area (Å²) in [6.45, 7) is 13.3. The van der Waals surface area contributed by atoms with Crippen LogP contribution < -0.4 is 10.6 Å². The van der Waals surface area contributed by atoms with Crippen LogP contribution in [0.4, 0.5) is 0 Å². The number of nitrogens with one attached hydrogen (secondary N) is 2. The Morgan fingerprint density at radius 1 is 1.17 bits per heavy atom. The summed E-state index contributed by atoms with van der Waals surface area (Å²) in [4.78, 5) is 4.75. The predicted octanol–water partition coefficient (Wildman–Crippen LogP) is 3.88. The van der Waals surface area contributed by atoms with Gasteiger partial charge in [-0.2, -0.15) is 5.10 Å². The molecule has 1 aromatic heterocycles. The third-order valence-electron chi connectivity index (χ3n) is 4.81. The summed E-state index contributed by atoms with van der Waals surface area (Å²) < 4.78 is 7.40. The van der Waals surface area contributed by atoms with Crippen molar-refractivity contribution in [2.75, 3.05) is 13.2 Å². The molecule has 0 radical (unpaired) electrons. The molecule has 1 atom stereocenters. The molecule has 0 spiro atoms. The van der Waals surface area contributed by atoms with Crippen molar-refractivity contribution in [3.63, 3.8) is 0 Å². The molecule has 0 aliphatic rings. The van der Waals surface area contributed by atoms with Gasteiger partial charge in [-0.1, -0.05) is 24.3 Å². The Kier molecular flexibility index (Phi) is 11.3. The third kappa shape index (κ3) is 7.97. The summed E-state index contributed by atoms with van der Waals surface area (Å²) in [6, 6.07) is 8.71. The van der Waals surface area contributed by atoms with Crippen molar-refractivity contribution >= 4 is 29.9 Å². The van der Waals surface area contributed by atoms with Crippen molar-refractivity contribution in [2.24, 2.45) is 12.0 Å². The van der Waals surface area contributed by atoms with E-state index < -0.39 is 0 Å². The normalized spacial score (nSPS) is 12.4. The van der Waals surface area contributed by atoms with Crippen molar-refractivity contribution in [2.45, 2.75) is 60.2 Å². The fourth-order valence-electron chi connectivity index (χ4n) is 3.15. The maximum atomic E-state index is 5.45. The second-order valence-corrected chi connectivity index (χ2v) is 7.17. The second-order valence-electron chi connectivity index (χ2n) is 7.17. The molecule has 0 fully saturated rings. The van der Waals surface area contributed by atoms with Crippen molar-refractivity contribution < 1.29 is 4.74 Å². The van der Waals surface area contributed by atoms with Crippen LogP contribution in [0.5, 0.6) is 0 Å². The van der Waals surface area contributed by atoms with Gasteiger partial charge in [-0.3, -0.25) is 4.68 Å². The number of ether oxygens (including phenoxy) is 1. The van der Waals surface area contributed by atoms with Crippen LogP contribution in [0.1, 0.15) is 48.8 Å². The standard InChI is InChI=1S/C22H35N5O.HI/c1-7-23-22(24-14-19-9-11-20(12-10-19)15-28-8-2)25-16(3)13-21-17(4)26-27(6)18(21)5;/h9-12,16H,7-8,13-15H2,1-6H3,(H2,23,24,25);1H. The number of aromatic nitrogens is 2. The maximum absolute atomic E-state index is 5.45. The molecule has 0 saturated carbocycles. The number of aliphatic imine (C=N–C) groups is 1. The Labute approximate surface area is 192 Å². The van der Waals surface area contributed by atoms with Crippen molar-refractivity contribution in [1.29, 1.82) is 0 Å². The van der Waals surface area contributed by atoms with Crippen LogP contribution in [-0.2, 0) is 31.4 Å². The lowest BCUT2D eigenvalue weighted by Crippen LogP contribution is -2.43. The minimum absolute atomic E-state index is 0. The van der Waals surface area contributed by atoms with E-state index in [-0.39, 0.29) is 30.0 Å². The van der Waals surface area contributed by atoms with Crippen LogP contribution in [-0.4, -0.2) is 34.9 Å². The molecule has 0 bridgehead atoms. The van der Waals surface area contributed by atoms with Gasteiger partial charge in [0.15, 0.2) is 5.96 Å². The molecular formula is C22H36IN5O. The highest BCUT2D eigenvalue weighted by atomic mass is 127. The predicted molar refractivity (Wildman–Crippen MR) is 131 cm³/mol. The fraction of sp³-hybridized carbons (Fsp3) is 0.545. The van der Waals surface area contributed by atoms with Gasteiger partial charge in [0, 0.05) is 31.9 Å².